The number of nitrogens with one attached hydrogen (secondary N) is 2. The molecule has 25 heavy (non-hydrogen) atoms. The molecule has 0 saturated heterocycles. The van der Waals surface area contributed by atoms with Crippen LogP contribution in [0.15, 0.2) is 42.9 Å². The number of anilines is 1. The molecule has 0 bridgehead atoms. The Morgan fingerprint density at radius 1 is 1.28 bits per heavy atom. The Kier molecular flexibility index (Phi) is 4.93. The Labute approximate surface area is 147 Å². The molecule has 0 atom stereocenters. The van der Waals surface area contributed by atoms with Crippen LogP contribution in [0.25, 0.3) is 10.9 Å². The smallest absolute Gasteiger partial charge is 0.346 e. The van der Waals surface area contributed by atoms with Gasteiger partial charge >= 0.3 is 5.97 Å². The lowest BCUT2D eigenvalue weighted by molar-refractivity contribution is -0.345. The highest BCUT2D eigenvalue weighted by atomic mass is 16.5. The summed E-state index contributed by atoms with van der Waals surface area (Å²) >= 11 is 0. The number of benzene rings is 1. The van der Waals surface area contributed by atoms with E-state index in [4.69, 9.17) is 4.74 Å². The molecule has 0 aliphatic rings. The van der Waals surface area contributed by atoms with Crippen molar-refractivity contribution in [2.75, 3.05) is 11.9 Å². The summed E-state index contributed by atoms with van der Waals surface area (Å²) in [6, 6.07) is 7.99. The van der Waals surface area contributed by atoms with E-state index in [0.29, 0.717) is 18.7 Å². The van der Waals surface area contributed by atoms with Crippen molar-refractivity contribution in [3.8, 4) is 0 Å². The molecule has 128 valence electrons. The number of hydrogen-bond acceptors (Lipinski definition) is 4. The van der Waals surface area contributed by atoms with E-state index in [0.717, 1.165) is 27.7 Å². The second-order valence-electron chi connectivity index (χ2n) is 5.94. The van der Waals surface area contributed by atoms with Crippen molar-refractivity contribution in [2.24, 2.45) is 0 Å². The topological polar surface area (TPSA) is 65.4 Å². The quantitative estimate of drug-likeness (QED) is 0.725. The van der Waals surface area contributed by atoms with Crippen LogP contribution in [0.4, 0.5) is 5.69 Å². The maximum atomic E-state index is 12.4. The number of aryl methyl sites for hydroxylation is 2. The third-order valence-electron chi connectivity index (χ3n) is 4.32. The minimum Gasteiger partial charge on any atom is -0.462 e. The maximum absolute atomic E-state index is 12.4. The second-order valence-corrected chi connectivity index (χ2v) is 5.94. The predicted octanol–water partition coefficient (Wildman–Crippen LogP) is 3.45. The number of pyridine rings is 2. The summed E-state index contributed by atoms with van der Waals surface area (Å²) in [5, 5.41) is 4.37. The molecule has 3 aromatic rings. The van der Waals surface area contributed by atoms with Gasteiger partial charge in [-0.25, -0.2) is 9.78 Å². The summed E-state index contributed by atoms with van der Waals surface area (Å²) in [6.45, 7) is 6.87. The van der Waals surface area contributed by atoms with Crippen molar-refractivity contribution < 1.29 is 14.5 Å². The Morgan fingerprint density at radius 2 is 2.12 bits per heavy atom. The van der Waals surface area contributed by atoms with Crippen LogP contribution in [0.2, 0.25) is 0 Å². The lowest BCUT2D eigenvalue weighted by atomic mass is 10.0. The molecule has 2 aromatic heterocycles. The molecule has 0 radical (unpaired) electrons. The van der Waals surface area contributed by atoms with Crippen LogP contribution in [0.5, 0.6) is 0 Å². The predicted molar refractivity (Wildman–Crippen MR) is 97.5 cm³/mol. The van der Waals surface area contributed by atoms with E-state index in [2.05, 4.69) is 35.2 Å². The number of H-pyrrole nitrogens is 1. The zero-order chi connectivity index (χ0) is 17.8. The summed E-state index contributed by atoms with van der Waals surface area (Å²) in [5.41, 5.74) is 5.70. The van der Waals surface area contributed by atoms with Gasteiger partial charge in [-0.1, -0.05) is 12.1 Å². The molecular formula is C20H22N3O2+. The number of rotatable bonds is 5. The third kappa shape index (κ3) is 3.45. The monoisotopic (exact) mass is 336 g/mol. The largest absolute Gasteiger partial charge is 0.462 e. The van der Waals surface area contributed by atoms with Crippen LogP contribution in [0.3, 0.4) is 0 Å². The summed E-state index contributed by atoms with van der Waals surface area (Å²) < 4.78 is 5.21. The van der Waals surface area contributed by atoms with E-state index in [1.165, 1.54) is 5.56 Å². The molecule has 0 amide bonds. The van der Waals surface area contributed by atoms with E-state index in [-0.39, 0.29) is 5.97 Å². The van der Waals surface area contributed by atoms with Gasteiger partial charge in [-0.2, -0.15) is 0 Å². The number of carbonyl (C=O) groups excluding carboxylic acids is 1. The first-order valence-electron chi connectivity index (χ1n) is 8.36. The van der Waals surface area contributed by atoms with Crippen molar-refractivity contribution in [2.45, 2.75) is 27.3 Å². The van der Waals surface area contributed by atoms with Crippen LogP contribution < -0.4 is 10.3 Å². The zero-order valence-electron chi connectivity index (χ0n) is 14.7. The average Bonchev–Trinajstić information content (AvgIpc) is 2.63. The molecule has 0 saturated carbocycles. The van der Waals surface area contributed by atoms with Crippen LogP contribution in [-0.4, -0.2) is 17.6 Å². The van der Waals surface area contributed by atoms with E-state index in [9.17, 15) is 4.79 Å². The van der Waals surface area contributed by atoms with Crippen LogP contribution in [-0.2, 0) is 11.3 Å². The van der Waals surface area contributed by atoms with Gasteiger partial charge in [-0.15, -0.1) is 0 Å². The number of hydrogen-bond donors (Lipinski definition) is 1. The van der Waals surface area contributed by atoms with Gasteiger partial charge in [-0.3, -0.25) is 4.98 Å². The standard InChI is InChI=1S/C20H21N3O2/c1-4-25-20(24)17-12-23-18-14(3)13(2)7-8-16(18)19(17)22-11-15-6-5-9-21-10-15/h5-10,12H,4,11H2,1-3H3,(H,22,23)/p+1. The van der Waals surface area contributed by atoms with Crippen molar-refractivity contribution in [1.29, 1.82) is 0 Å². The third-order valence-corrected chi connectivity index (χ3v) is 4.32. The first-order chi connectivity index (χ1) is 12.1. The van der Waals surface area contributed by atoms with Gasteiger partial charge in [-0.05, 0) is 44.0 Å². The highest BCUT2D eigenvalue weighted by molar-refractivity contribution is 6.04. The summed E-state index contributed by atoms with van der Waals surface area (Å²) in [6.07, 6.45) is 5.27. The average molecular weight is 336 g/mol. The molecule has 0 aliphatic carbocycles. The molecule has 2 heterocycles. The van der Waals surface area contributed by atoms with Gasteiger partial charge in [0.15, 0.2) is 6.20 Å². The minimum atomic E-state index is -0.340. The summed E-state index contributed by atoms with van der Waals surface area (Å²) in [4.78, 5) is 19.8. The highest BCUT2D eigenvalue weighted by Gasteiger charge is 2.21. The van der Waals surface area contributed by atoms with Crippen molar-refractivity contribution in [3.05, 3.63) is 65.1 Å². The molecule has 2 N–H and O–H groups in total. The number of nitrogens with zero attached hydrogens (tertiary/aromatic N) is 1. The van der Waals surface area contributed by atoms with Crippen LogP contribution >= 0.6 is 0 Å². The van der Waals surface area contributed by atoms with Crippen molar-refractivity contribution in [1.82, 2.24) is 4.98 Å². The lowest BCUT2D eigenvalue weighted by Crippen LogP contribution is -2.17. The fourth-order valence-electron chi connectivity index (χ4n) is 2.83. The first kappa shape index (κ1) is 16.9. The second kappa shape index (κ2) is 7.30. The number of carbonyl (C=O) groups is 1. The Morgan fingerprint density at radius 3 is 2.84 bits per heavy atom. The number of esters is 1. The number of aromatic amines is 1. The van der Waals surface area contributed by atoms with Gasteiger partial charge in [0.05, 0.1) is 17.7 Å². The van der Waals surface area contributed by atoms with Crippen molar-refractivity contribution >= 4 is 22.6 Å². The minimum absolute atomic E-state index is 0.339. The molecule has 5 heteroatoms. The zero-order valence-corrected chi connectivity index (χ0v) is 14.7. The summed E-state index contributed by atoms with van der Waals surface area (Å²) in [7, 11) is 0. The number of fused-ring (bicyclic) bond motifs is 1. The maximum Gasteiger partial charge on any atom is 0.346 e. The normalized spacial score (nSPS) is 10.7. The highest BCUT2D eigenvalue weighted by Crippen LogP contribution is 2.28. The first-order valence-corrected chi connectivity index (χ1v) is 8.36. The van der Waals surface area contributed by atoms with Gasteiger partial charge < -0.3 is 10.1 Å². The molecular weight excluding hydrogens is 314 g/mol. The molecule has 0 aliphatic heterocycles. The Balaban J connectivity index is 2.08. The van der Waals surface area contributed by atoms with E-state index in [1.54, 1.807) is 19.3 Å². The number of aromatic nitrogens is 2. The fourth-order valence-corrected chi connectivity index (χ4v) is 2.83. The molecule has 5 nitrogen and oxygen atoms in total. The van der Waals surface area contributed by atoms with Crippen molar-refractivity contribution in [3.63, 3.8) is 0 Å². The fraction of sp³-hybridized carbons (Fsp3) is 0.250. The van der Waals surface area contributed by atoms with Gasteiger partial charge in [0.2, 0.25) is 5.52 Å². The van der Waals surface area contributed by atoms with E-state index in [1.807, 2.05) is 24.4 Å². The Bertz CT molecular complexity index is 908. The molecule has 1 aromatic carbocycles. The summed E-state index contributed by atoms with van der Waals surface area (Å²) in [5.74, 6) is -0.340. The Hall–Kier alpha value is -2.95. The van der Waals surface area contributed by atoms with Gasteiger partial charge in [0.25, 0.3) is 0 Å². The van der Waals surface area contributed by atoms with Gasteiger partial charge in [0, 0.05) is 24.5 Å². The molecule has 0 fully saturated rings. The lowest BCUT2D eigenvalue weighted by Gasteiger charge is -2.13. The SMILES string of the molecule is CCOC(=O)c1c[nH+]c2c(C)c(C)ccc2c1NCc1cccnc1. The molecule has 3 rings (SSSR count). The van der Waals surface area contributed by atoms with Gasteiger partial charge in [0.1, 0.15) is 5.56 Å². The molecule has 0 unspecified atom stereocenters. The van der Waals surface area contributed by atoms with Crippen LogP contribution in [0, 0.1) is 13.8 Å². The van der Waals surface area contributed by atoms with Crippen LogP contribution in [0.1, 0.15) is 34.0 Å². The number of ether oxygens (including phenoxy) is 1. The van der Waals surface area contributed by atoms with E-state index < -0.39 is 0 Å². The van der Waals surface area contributed by atoms with E-state index >= 15 is 0 Å². The molecule has 0 spiro atoms.